The number of amides is 1. The highest BCUT2D eigenvalue weighted by molar-refractivity contribution is 7.89. The molecule has 4 rings (SSSR count). The lowest BCUT2D eigenvalue weighted by atomic mass is 10.1. The number of pyridine rings is 1. The monoisotopic (exact) mass is 378 g/mol. The summed E-state index contributed by atoms with van der Waals surface area (Å²) in [6, 6.07) is 3.41. The van der Waals surface area contributed by atoms with Crippen molar-refractivity contribution >= 4 is 21.7 Å². The SMILES string of the molecule is N[n+]1ccccc1S(=O)(=O)N1CC(=O)C2C1CCN2C(=O)[CH]CC1CC1. The molecule has 1 saturated carbocycles. The molecule has 139 valence electrons. The molecule has 2 atom stereocenters. The summed E-state index contributed by atoms with van der Waals surface area (Å²) in [4.78, 5) is 26.5. The highest BCUT2D eigenvalue weighted by atomic mass is 32.2. The summed E-state index contributed by atoms with van der Waals surface area (Å²) in [5.74, 6) is 5.95. The Kier molecular flexibility index (Phi) is 4.23. The van der Waals surface area contributed by atoms with E-state index in [1.165, 1.54) is 21.5 Å². The van der Waals surface area contributed by atoms with Crippen LogP contribution in [0, 0.1) is 12.3 Å². The number of aromatic nitrogens is 1. The van der Waals surface area contributed by atoms with E-state index in [2.05, 4.69) is 0 Å². The van der Waals surface area contributed by atoms with E-state index in [0.29, 0.717) is 18.9 Å². The van der Waals surface area contributed by atoms with Gasteiger partial charge >= 0.3 is 15.0 Å². The molecule has 3 heterocycles. The molecule has 2 aliphatic heterocycles. The summed E-state index contributed by atoms with van der Waals surface area (Å²) >= 11 is 0. The van der Waals surface area contributed by atoms with E-state index in [9.17, 15) is 18.0 Å². The van der Waals surface area contributed by atoms with Gasteiger partial charge in [0.05, 0.1) is 19.0 Å². The molecule has 3 aliphatic rings. The van der Waals surface area contributed by atoms with Gasteiger partial charge in [0, 0.05) is 18.7 Å². The van der Waals surface area contributed by atoms with E-state index in [1.807, 2.05) is 0 Å². The largest absolute Gasteiger partial charge is 0.340 e. The highest BCUT2D eigenvalue weighted by Gasteiger charge is 2.55. The quantitative estimate of drug-likeness (QED) is 0.535. The standard InChI is InChI=1S/C17H22N4O4S/c18-20-9-2-1-3-16(20)26(24,25)21-11-14(22)17-13(21)8-10-19(17)15(23)7-6-12-4-5-12/h1-3,7,9,12-13,17H,4-6,8,10-11,18H2/q+1. The Morgan fingerprint density at radius 2 is 2.08 bits per heavy atom. The fraction of sp³-hybridized carbons (Fsp3) is 0.529. The fourth-order valence-electron chi connectivity index (χ4n) is 3.86. The van der Waals surface area contributed by atoms with Gasteiger partial charge in [-0.15, -0.1) is 0 Å². The number of nitrogens with zero attached hydrogens (tertiary/aromatic N) is 3. The number of hydrogen-bond acceptors (Lipinski definition) is 5. The molecular weight excluding hydrogens is 356 g/mol. The van der Waals surface area contributed by atoms with E-state index in [0.717, 1.165) is 23.9 Å². The van der Waals surface area contributed by atoms with Crippen LogP contribution in [0.25, 0.3) is 0 Å². The lowest BCUT2D eigenvalue weighted by Gasteiger charge is -2.23. The molecule has 2 unspecified atom stereocenters. The summed E-state index contributed by atoms with van der Waals surface area (Å²) in [5.41, 5.74) is 0. The number of fused-ring (bicyclic) bond motifs is 1. The molecule has 1 aromatic rings. The molecule has 0 aromatic carbocycles. The lowest BCUT2D eigenvalue weighted by molar-refractivity contribution is -0.678. The van der Waals surface area contributed by atoms with Gasteiger partial charge in [0.25, 0.3) is 0 Å². The molecule has 2 saturated heterocycles. The van der Waals surface area contributed by atoms with Crippen LogP contribution in [0.1, 0.15) is 25.7 Å². The Balaban J connectivity index is 1.55. The van der Waals surface area contributed by atoms with Crippen LogP contribution in [-0.2, 0) is 19.6 Å². The molecule has 3 fully saturated rings. The minimum atomic E-state index is -3.92. The van der Waals surface area contributed by atoms with Gasteiger partial charge in [-0.2, -0.15) is 4.31 Å². The van der Waals surface area contributed by atoms with Crippen LogP contribution in [0.15, 0.2) is 29.4 Å². The fourth-order valence-corrected chi connectivity index (χ4v) is 5.55. The number of sulfonamides is 1. The molecule has 1 aromatic heterocycles. The van der Waals surface area contributed by atoms with E-state index >= 15 is 0 Å². The molecule has 1 amide bonds. The maximum absolute atomic E-state index is 13.0. The second-order valence-electron chi connectivity index (χ2n) is 7.18. The first-order chi connectivity index (χ1) is 12.4. The normalized spacial score (nSPS) is 26.3. The number of nitrogen functional groups attached to an aromatic ring is 1. The number of Topliss-reactive ketones (excluding diaryl/α,β-unsaturated/α-hetero) is 1. The Morgan fingerprint density at radius 1 is 1.31 bits per heavy atom. The van der Waals surface area contributed by atoms with Gasteiger partial charge in [-0.1, -0.05) is 17.5 Å². The molecule has 0 bridgehead atoms. The molecule has 9 heteroatoms. The number of ketones is 1. The first kappa shape index (κ1) is 17.4. The summed E-state index contributed by atoms with van der Waals surface area (Å²) in [5, 5.41) is -0.0708. The van der Waals surface area contributed by atoms with Crippen molar-refractivity contribution in [3.63, 3.8) is 0 Å². The predicted octanol–water partition coefficient (Wildman–Crippen LogP) is -0.765. The number of nitrogens with two attached hydrogens (primary N) is 1. The first-order valence-electron chi connectivity index (χ1n) is 8.83. The van der Waals surface area contributed by atoms with Crippen LogP contribution in [-0.4, -0.2) is 54.5 Å². The number of carbonyl (C=O) groups excluding carboxylic acids is 2. The number of likely N-dealkylation sites (tertiary alicyclic amines) is 1. The zero-order valence-electron chi connectivity index (χ0n) is 14.3. The summed E-state index contributed by atoms with van der Waals surface area (Å²) in [7, 11) is -3.92. The molecule has 2 N–H and O–H groups in total. The maximum atomic E-state index is 13.0. The van der Waals surface area contributed by atoms with Crippen molar-refractivity contribution < 1.29 is 22.7 Å². The molecule has 26 heavy (non-hydrogen) atoms. The lowest BCUT2D eigenvalue weighted by Crippen LogP contribution is -2.52. The van der Waals surface area contributed by atoms with Crippen LogP contribution < -0.4 is 10.5 Å². The zero-order valence-corrected chi connectivity index (χ0v) is 15.1. The zero-order chi connectivity index (χ0) is 18.5. The van der Waals surface area contributed by atoms with Crippen molar-refractivity contribution in [3.05, 3.63) is 30.8 Å². The van der Waals surface area contributed by atoms with Crippen LogP contribution in [0.4, 0.5) is 0 Å². The van der Waals surface area contributed by atoms with Crippen LogP contribution in [0.2, 0.25) is 0 Å². The Hall–Kier alpha value is -2.00. The van der Waals surface area contributed by atoms with Crippen molar-refractivity contribution in [1.82, 2.24) is 9.21 Å². The molecular formula is C17H22N4O4S+. The van der Waals surface area contributed by atoms with Crippen molar-refractivity contribution in [2.45, 2.75) is 42.8 Å². The minimum Gasteiger partial charge on any atom is -0.331 e. The van der Waals surface area contributed by atoms with Gasteiger partial charge in [-0.05, 0) is 24.8 Å². The minimum absolute atomic E-state index is 0.0708. The van der Waals surface area contributed by atoms with E-state index in [1.54, 1.807) is 18.6 Å². The van der Waals surface area contributed by atoms with Gasteiger partial charge in [0.1, 0.15) is 6.04 Å². The number of hydrogen-bond donors (Lipinski definition) is 1. The van der Waals surface area contributed by atoms with Crippen molar-refractivity contribution in [1.29, 1.82) is 0 Å². The second kappa shape index (κ2) is 6.31. The van der Waals surface area contributed by atoms with E-state index < -0.39 is 22.1 Å². The smallest absolute Gasteiger partial charge is 0.331 e. The average Bonchev–Trinajstić information content (AvgIpc) is 3.23. The van der Waals surface area contributed by atoms with Crippen molar-refractivity contribution in [2.24, 2.45) is 5.92 Å². The van der Waals surface area contributed by atoms with Crippen LogP contribution in [0.3, 0.4) is 0 Å². The number of carbonyl (C=O) groups is 2. The first-order valence-corrected chi connectivity index (χ1v) is 10.3. The average molecular weight is 378 g/mol. The van der Waals surface area contributed by atoms with Gasteiger partial charge in [-0.25, -0.2) is 14.3 Å². The molecule has 1 aliphatic carbocycles. The third-order valence-electron chi connectivity index (χ3n) is 5.41. The molecule has 0 spiro atoms. The second-order valence-corrected chi connectivity index (χ2v) is 9.02. The van der Waals surface area contributed by atoms with Gasteiger partial charge in [0.2, 0.25) is 12.1 Å². The van der Waals surface area contributed by atoms with Crippen molar-refractivity contribution in [2.75, 3.05) is 18.9 Å². The third kappa shape index (κ3) is 2.88. The Morgan fingerprint density at radius 3 is 2.77 bits per heavy atom. The topological polar surface area (TPSA) is 105 Å². The maximum Gasteiger partial charge on any atom is 0.340 e. The highest BCUT2D eigenvalue weighted by Crippen LogP contribution is 2.36. The summed E-state index contributed by atoms with van der Waals surface area (Å²) < 4.78 is 28.2. The summed E-state index contributed by atoms with van der Waals surface area (Å²) in [6.07, 6.45) is 6.58. The Bertz CT molecular complexity index is 852. The van der Waals surface area contributed by atoms with Gasteiger partial charge < -0.3 is 4.90 Å². The third-order valence-corrected chi connectivity index (χ3v) is 7.30. The Labute approximate surface area is 152 Å². The van der Waals surface area contributed by atoms with E-state index in [4.69, 9.17) is 5.84 Å². The molecule has 1 radical (unpaired) electrons. The van der Waals surface area contributed by atoms with Crippen molar-refractivity contribution in [3.8, 4) is 0 Å². The van der Waals surface area contributed by atoms with Gasteiger partial charge in [0.15, 0.2) is 5.78 Å². The van der Waals surface area contributed by atoms with Crippen LogP contribution in [0.5, 0.6) is 0 Å². The molecule has 8 nitrogen and oxygen atoms in total. The number of rotatable bonds is 5. The predicted molar refractivity (Wildman–Crippen MR) is 91.2 cm³/mol. The van der Waals surface area contributed by atoms with Gasteiger partial charge in [-0.3, -0.25) is 9.59 Å². The van der Waals surface area contributed by atoms with Crippen LogP contribution >= 0.6 is 0 Å². The summed E-state index contributed by atoms with van der Waals surface area (Å²) in [6.45, 7) is 0.170. The van der Waals surface area contributed by atoms with E-state index in [-0.39, 0.29) is 23.3 Å².